The summed E-state index contributed by atoms with van der Waals surface area (Å²) in [5.41, 5.74) is 5.48. The Morgan fingerprint density at radius 3 is 2.26 bits per heavy atom. The zero-order chi connectivity index (χ0) is 24.0. The maximum atomic E-state index is 13.7. The highest BCUT2D eigenvalue weighted by atomic mass is 16.3. The van der Waals surface area contributed by atoms with Crippen LogP contribution in [0.3, 0.4) is 0 Å². The first-order valence-electron chi connectivity index (χ1n) is 11.5. The standard InChI is InChI=1S/C26H29N3O5/c27-25(32)26(22-14-8-16-34-22,20-11-5-2-6-12-20)29(18-19-9-3-1-4-10-19)23(30)17-28-24(31)21-13-7-15-33-21/h1,3-4,7-10,13-16,20H,2,5-6,11-12,17-18H2,(H2,27,32)(H,28,31). The molecule has 1 fully saturated rings. The fraction of sp³-hybridized carbons (Fsp3) is 0.346. The topological polar surface area (TPSA) is 119 Å². The summed E-state index contributed by atoms with van der Waals surface area (Å²) in [6.07, 6.45) is 7.28. The van der Waals surface area contributed by atoms with Gasteiger partial charge in [-0.05, 0) is 48.6 Å². The molecule has 0 bridgehead atoms. The molecule has 8 nitrogen and oxygen atoms in total. The van der Waals surface area contributed by atoms with Gasteiger partial charge < -0.3 is 24.8 Å². The molecular weight excluding hydrogens is 434 g/mol. The summed E-state index contributed by atoms with van der Waals surface area (Å²) >= 11 is 0. The molecule has 34 heavy (non-hydrogen) atoms. The van der Waals surface area contributed by atoms with Crippen molar-refractivity contribution in [3.05, 3.63) is 84.2 Å². The van der Waals surface area contributed by atoms with Crippen molar-refractivity contribution >= 4 is 17.7 Å². The zero-order valence-corrected chi connectivity index (χ0v) is 18.9. The number of furan rings is 2. The largest absolute Gasteiger partial charge is 0.466 e. The molecule has 1 saturated carbocycles. The fourth-order valence-electron chi connectivity index (χ4n) is 4.95. The lowest BCUT2D eigenvalue weighted by Crippen LogP contribution is -2.62. The number of nitrogens with two attached hydrogens (primary N) is 1. The smallest absolute Gasteiger partial charge is 0.287 e. The van der Waals surface area contributed by atoms with Crippen molar-refractivity contribution in [2.24, 2.45) is 11.7 Å². The molecule has 4 rings (SSSR count). The summed E-state index contributed by atoms with van der Waals surface area (Å²) in [5.74, 6) is -1.37. The van der Waals surface area contributed by atoms with E-state index < -0.39 is 23.3 Å². The quantitative estimate of drug-likeness (QED) is 0.503. The molecule has 3 N–H and O–H groups in total. The van der Waals surface area contributed by atoms with Crippen LogP contribution >= 0.6 is 0 Å². The van der Waals surface area contributed by atoms with Gasteiger partial charge in [-0.25, -0.2) is 0 Å². The Labute approximate surface area is 198 Å². The number of hydrogen-bond donors (Lipinski definition) is 2. The monoisotopic (exact) mass is 463 g/mol. The van der Waals surface area contributed by atoms with Crippen molar-refractivity contribution in [2.45, 2.75) is 44.2 Å². The van der Waals surface area contributed by atoms with Crippen LogP contribution in [0.25, 0.3) is 0 Å². The number of amides is 3. The van der Waals surface area contributed by atoms with E-state index in [1.807, 2.05) is 30.3 Å². The third-order valence-electron chi connectivity index (χ3n) is 6.52. The molecule has 2 aromatic heterocycles. The lowest BCUT2D eigenvalue weighted by molar-refractivity contribution is -0.155. The van der Waals surface area contributed by atoms with E-state index in [0.717, 1.165) is 37.7 Å². The molecule has 1 atom stereocenters. The van der Waals surface area contributed by atoms with E-state index in [2.05, 4.69) is 5.32 Å². The summed E-state index contributed by atoms with van der Waals surface area (Å²) in [5, 5.41) is 2.60. The second kappa shape index (κ2) is 10.4. The Hall–Kier alpha value is -3.81. The fourth-order valence-corrected chi connectivity index (χ4v) is 4.95. The van der Waals surface area contributed by atoms with Crippen LogP contribution < -0.4 is 11.1 Å². The minimum absolute atomic E-state index is 0.0990. The SMILES string of the molecule is NC(=O)C(c1ccco1)(C1CCCCC1)N(Cc1ccccc1)C(=O)CNC(=O)c1ccco1. The van der Waals surface area contributed by atoms with Gasteiger partial charge in [-0.2, -0.15) is 0 Å². The number of benzene rings is 1. The third kappa shape index (κ3) is 4.62. The highest BCUT2D eigenvalue weighted by Crippen LogP contribution is 2.44. The van der Waals surface area contributed by atoms with Gasteiger partial charge in [-0.15, -0.1) is 0 Å². The van der Waals surface area contributed by atoms with E-state index in [1.54, 1.807) is 18.2 Å². The molecule has 1 unspecified atom stereocenters. The van der Waals surface area contributed by atoms with Gasteiger partial charge in [0.25, 0.3) is 11.8 Å². The molecule has 3 aromatic rings. The van der Waals surface area contributed by atoms with E-state index in [9.17, 15) is 14.4 Å². The average Bonchev–Trinajstić information content (AvgIpc) is 3.58. The molecule has 0 radical (unpaired) electrons. The number of rotatable bonds is 9. The van der Waals surface area contributed by atoms with Crippen LogP contribution in [-0.4, -0.2) is 29.2 Å². The van der Waals surface area contributed by atoms with Gasteiger partial charge in [0.1, 0.15) is 5.76 Å². The first-order valence-corrected chi connectivity index (χ1v) is 11.5. The Balaban J connectivity index is 1.74. The van der Waals surface area contributed by atoms with Gasteiger partial charge in [0, 0.05) is 6.54 Å². The number of primary amides is 1. The number of hydrogen-bond acceptors (Lipinski definition) is 5. The number of carbonyl (C=O) groups is 3. The van der Waals surface area contributed by atoms with Crippen LogP contribution in [0.2, 0.25) is 0 Å². The van der Waals surface area contributed by atoms with E-state index in [4.69, 9.17) is 14.6 Å². The Morgan fingerprint density at radius 2 is 1.65 bits per heavy atom. The van der Waals surface area contributed by atoms with E-state index in [1.165, 1.54) is 23.5 Å². The van der Waals surface area contributed by atoms with E-state index in [-0.39, 0.29) is 24.8 Å². The van der Waals surface area contributed by atoms with Gasteiger partial charge in [0.2, 0.25) is 5.91 Å². The summed E-state index contributed by atoms with van der Waals surface area (Å²) in [7, 11) is 0. The Morgan fingerprint density at radius 1 is 0.941 bits per heavy atom. The predicted octanol–water partition coefficient (Wildman–Crippen LogP) is 3.59. The van der Waals surface area contributed by atoms with Crippen molar-refractivity contribution in [3.63, 3.8) is 0 Å². The minimum atomic E-state index is -1.48. The van der Waals surface area contributed by atoms with Crippen LogP contribution in [0.5, 0.6) is 0 Å². The predicted molar refractivity (Wildman–Crippen MR) is 124 cm³/mol. The second-order valence-electron chi connectivity index (χ2n) is 8.57. The van der Waals surface area contributed by atoms with Gasteiger partial charge >= 0.3 is 0 Å². The Kier molecular flexibility index (Phi) is 7.15. The lowest BCUT2D eigenvalue weighted by Gasteiger charge is -2.46. The van der Waals surface area contributed by atoms with Crippen LogP contribution in [-0.2, 0) is 21.7 Å². The highest BCUT2D eigenvalue weighted by molar-refractivity contribution is 5.96. The van der Waals surface area contributed by atoms with Crippen molar-refractivity contribution in [1.29, 1.82) is 0 Å². The van der Waals surface area contributed by atoms with Crippen molar-refractivity contribution in [2.75, 3.05) is 6.54 Å². The van der Waals surface area contributed by atoms with E-state index in [0.29, 0.717) is 5.76 Å². The minimum Gasteiger partial charge on any atom is -0.466 e. The summed E-state index contributed by atoms with van der Waals surface area (Å²) in [6, 6.07) is 15.9. The van der Waals surface area contributed by atoms with Gasteiger partial charge in [0.15, 0.2) is 11.3 Å². The van der Waals surface area contributed by atoms with Crippen molar-refractivity contribution < 1.29 is 23.2 Å². The maximum absolute atomic E-state index is 13.7. The molecule has 0 saturated heterocycles. The summed E-state index contributed by atoms with van der Waals surface area (Å²) in [4.78, 5) is 41.0. The molecule has 0 aliphatic heterocycles. The average molecular weight is 464 g/mol. The molecule has 178 valence electrons. The first-order chi connectivity index (χ1) is 16.5. The molecule has 3 amide bonds. The van der Waals surface area contributed by atoms with Crippen molar-refractivity contribution in [3.8, 4) is 0 Å². The normalized spacial score (nSPS) is 15.9. The number of nitrogens with zero attached hydrogens (tertiary/aromatic N) is 1. The highest BCUT2D eigenvalue weighted by Gasteiger charge is 2.54. The molecule has 2 heterocycles. The maximum Gasteiger partial charge on any atom is 0.287 e. The summed E-state index contributed by atoms with van der Waals surface area (Å²) < 4.78 is 10.9. The van der Waals surface area contributed by atoms with Crippen LogP contribution in [0.1, 0.15) is 54.0 Å². The van der Waals surface area contributed by atoms with E-state index >= 15 is 0 Å². The second-order valence-corrected chi connectivity index (χ2v) is 8.57. The molecule has 1 aromatic carbocycles. The van der Waals surface area contributed by atoms with Gasteiger partial charge in [-0.1, -0.05) is 49.6 Å². The first kappa shape index (κ1) is 23.4. The van der Waals surface area contributed by atoms with Gasteiger partial charge in [0.05, 0.1) is 19.1 Å². The molecule has 1 aliphatic carbocycles. The number of nitrogens with one attached hydrogen (secondary N) is 1. The van der Waals surface area contributed by atoms with Gasteiger partial charge in [-0.3, -0.25) is 14.4 Å². The van der Waals surface area contributed by atoms with Crippen LogP contribution in [0.4, 0.5) is 0 Å². The molecule has 1 aliphatic rings. The lowest BCUT2D eigenvalue weighted by atomic mass is 9.71. The van der Waals surface area contributed by atoms with Crippen LogP contribution in [0, 0.1) is 5.92 Å². The Bertz CT molecular complexity index is 1090. The molecule has 0 spiro atoms. The van der Waals surface area contributed by atoms with Crippen LogP contribution in [0.15, 0.2) is 76.0 Å². The van der Waals surface area contributed by atoms with Crippen molar-refractivity contribution in [1.82, 2.24) is 10.2 Å². The molecule has 8 heteroatoms. The summed E-state index contributed by atoms with van der Waals surface area (Å²) in [6.45, 7) is -0.189. The number of carbonyl (C=O) groups excluding carboxylic acids is 3. The zero-order valence-electron chi connectivity index (χ0n) is 18.9. The third-order valence-corrected chi connectivity index (χ3v) is 6.52. The molecular formula is C26H29N3O5.